The van der Waals surface area contributed by atoms with Crippen molar-refractivity contribution in [2.75, 3.05) is 0 Å². The first-order valence-corrected chi connectivity index (χ1v) is 19.0. The van der Waals surface area contributed by atoms with Gasteiger partial charge in [0.25, 0.3) is 0 Å². The number of aromatic nitrogens is 3. The molecule has 3 heterocycles. The fourth-order valence-corrected chi connectivity index (χ4v) is 6.87. The van der Waals surface area contributed by atoms with Gasteiger partial charge in [0.15, 0.2) is 0 Å². The van der Waals surface area contributed by atoms with E-state index in [0.717, 1.165) is 59.5 Å². The molecule has 4 aromatic carbocycles. The fraction of sp³-hybridized carbons (Fsp3) is 0.245. The van der Waals surface area contributed by atoms with Crippen LogP contribution in [0.5, 0.6) is 0 Å². The summed E-state index contributed by atoms with van der Waals surface area (Å²) >= 11 is 0. The van der Waals surface area contributed by atoms with Gasteiger partial charge in [-0.1, -0.05) is 99.4 Å². The van der Waals surface area contributed by atoms with Gasteiger partial charge in [0.2, 0.25) is 0 Å². The van der Waals surface area contributed by atoms with E-state index in [4.69, 9.17) is 0 Å². The summed E-state index contributed by atoms with van der Waals surface area (Å²) in [7, 11) is 0. The van der Waals surface area contributed by atoms with Crippen molar-refractivity contribution >= 4 is 10.8 Å². The number of pyridine rings is 3. The van der Waals surface area contributed by atoms with Crippen LogP contribution in [0.1, 0.15) is 73.6 Å². The van der Waals surface area contributed by atoms with Crippen molar-refractivity contribution in [3.63, 3.8) is 0 Å². The van der Waals surface area contributed by atoms with Crippen molar-refractivity contribution in [1.29, 1.82) is 0 Å². The Morgan fingerprint density at radius 3 is 1.64 bits per heavy atom. The maximum Gasteiger partial charge on any atom is 3.00 e. The van der Waals surface area contributed by atoms with Crippen LogP contribution in [0, 0.1) is 18.2 Å². The predicted octanol–water partition coefficient (Wildman–Crippen LogP) is 12.1. The van der Waals surface area contributed by atoms with E-state index in [9.17, 15) is 0 Å². The van der Waals surface area contributed by atoms with Crippen LogP contribution in [0.25, 0.3) is 44.5 Å². The van der Waals surface area contributed by atoms with Crippen molar-refractivity contribution in [3.8, 4) is 33.8 Å². The molecular formula is C49H46IrN3. The Bertz CT molecular complexity index is 2130. The van der Waals surface area contributed by atoms with Gasteiger partial charge in [-0.3, -0.25) is 4.98 Å². The molecule has 0 aliphatic carbocycles. The third-order valence-corrected chi connectivity index (χ3v) is 9.95. The van der Waals surface area contributed by atoms with Crippen LogP contribution < -0.4 is 0 Å². The van der Waals surface area contributed by atoms with E-state index in [0.29, 0.717) is 0 Å². The quantitative estimate of drug-likeness (QED) is 0.0676. The third-order valence-electron chi connectivity index (χ3n) is 9.95. The standard InChI is InChI=1S/C49H46N3.Ir/c1(2-7-15-39-24-29-44(30-25-39)49-35-45-20-12-13-21-46(45)37-52-49)6-14-38-22-27-43(28-23-38)48-34-40(32-33-50-48)16-8-3-4-9-17-41-26-31-47(51-36-41)42-18-10-5-11-19-42;/h5,10,12-13,18-27,29,31-37H,1-4,6-9,14-17H2;/q-3;+3. The summed E-state index contributed by atoms with van der Waals surface area (Å²) in [5, 5.41) is 2.38. The Kier molecular flexibility index (Phi) is 14.3. The Morgan fingerprint density at radius 1 is 0.434 bits per heavy atom. The first-order valence-electron chi connectivity index (χ1n) is 19.0. The summed E-state index contributed by atoms with van der Waals surface area (Å²) in [6.45, 7) is 0. The van der Waals surface area contributed by atoms with Crippen LogP contribution >= 0.6 is 0 Å². The first kappa shape index (κ1) is 38.0. The number of unbranched alkanes of at least 4 members (excludes halogenated alkanes) is 6. The zero-order valence-electron chi connectivity index (χ0n) is 30.4. The molecule has 0 radical (unpaired) electrons. The summed E-state index contributed by atoms with van der Waals surface area (Å²) in [4.78, 5) is 14.0. The second-order valence-corrected chi connectivity index (χ2v) is 13.9. The van der Waals surface area contributed by atoms with E-state index in [1.54, 1.807) is 0 Å². The molecule has 0 spiro atoms. The van der Waals surface area contributed by atoms with Gasteiger partial charge in [0.1, 0.15) is 0 Å². The normalized spacial score (nSPS) is 11.0. The molecule has 4 heteroatoms. The Morgan fingerprint density at radius 2 is 1.04 bits per heavy atom. The summed E-state index contributed by atoms with van der Waals surface area (Å²) in [5.41, 5.74) is 11.6. The molecule has 3 nitrogen and oxygen atoms in total. The van der Waals surface area contributed by atoms with E-state index in [1.165, 1.54) is 84.4 Å². The van der Waals surface area contributed by atoms with Crippen molar-refractivity contribution < 1.29 is 20.1 Å². The number of rotatable bonds is 17. The molecule has 0 aliphatic rings. The molecule has 0 amide bonds. The SMILES string of the molecule is [Ir+3].[c-]1cccc(-c2ccc(CCCCCCc3ccnc(-c4[c-]cc(CCCCCCc5c[c-]c(-c6cc7ccccc7cn6)cc5)cc4)c3)cn2)c1. The molecule has 0 atom stereocenters. The van der Waals surface area contributed by atoms with Crippen LogP contribution in [-0.2, 0) is 45.8 Å². The zero-order valence-corrected chi connectivity index (χ0v) is 32.8. The minimum absolute atomic E-state index is 0. The van der Waals surface area contributed by atoms with Crippen molar-refractivity contribution in [2.24, 2.45) is 0 Å². The van der Waals surface area contributed by atoms with Gasteiger partial charge in [0, 0.05) is 24.3 Å². The average molecular weight is 869 g/mol. The number of fused-ring (bicyclic) bond motifs is 1. The maximum atomic E-state index is 4.66. The van der Waals surface area contributed by atoms with E-state index in [2.05, 4.69) is 130 Å². The summed E-state index contributed by atoms with van der Waals surface area (Å²) in [6.07, 6.45) is 20.0. The largest absolute Gasteiger partial charge is 3.00 e. The minimum atomic E-state index is 0. The zero-order chi connectivity index (χ0) is 35.2. The summed E-state index contributed by atoms with van der Waals surface area (Å²) < 4.78 is 0. The summed E-state index contributed by atoms with van der Waals surface area (Å²) in [6, 6.07) is 50.5. The average Bonchev–Trinajstić information content (AvgIpc) is 3.21. The van der Waals surface area contributed by atoms with Gasteiger partial charge in [-0.2, -0.15) is 30.3 Å². The molecule has 7 rings (SSSR count). The predicted molar refractivity (Wildman–Crippen MR) is 215 cm³/mol. The number of benzene rings is 4. The minimum Gasteiger partial charge on any atom is -0.305 e. The van der Waals surface area contributed by atoms with Crippen LogP contribution in [-0.4, -0.2) is 15.0 Å². The fourth-order valence-electron chi connectivity index (χ4n) is 6.87. The van der Waals surface area contributed by atoms with Crippen LogP contribution in [0.4, 0.5) is 0 Å². The molecule has 0 saturated carbocycles. The van der Waals surface area contributed by atoms with Gasteiger partial charge in [-0.05, 0) is 65.5 Å². The summed E-state index contributed by atoms with van der Waals surface area (Å²) in [5.74, 6) is 0. The second kappa shape index (κ2) is 19.9. The molecule has 3 aromatic heterocycles. The molecule has 7 aromatic rings. The van der Waals surface area contributed by atoms with Crippen molar-refractivity contribution in [2.45, 2.75) is 77.0 Å². The topological polar surface area (TPSA) is 38.7 Å². The Balaban J connectivity index is 0.00000481. The van der Waals surface area contributed by atoms with E-state index < -0.39 is 0 Å². The molecule has 0 fully saturated rings. The van der Waals surface area contributed by atoms with Gasteiger partial charge < -0.3 is 9.97 Å². The van der Waals surface area contributed by atoms with Crippen molar-refractivity contribution in [3.05, 3.63) is 174 Å². The maximum absolute atomic E-state index is 4.66. The molecule has 0 unspecified atom stereocenters. The van der Waals surface area contributed by atoms with Crippen LogP contribution in [0.15, 0.2) is 134 Å². The molecule has 0 aliphatic heterocycles. The third kappa shape index (κ3) is 11.1. The molecule has 0 saturated heterocycles. The van der Waals surface area contributed by atoms with E-state index in [-0.39, 0.29) is 20.1 Å². The number of aryl methyl sites for hydroxylation is 4. The molecule has 0 bridgehead atoms. The Hall–Kier alpha value is -4.76. The monoisotopic (exact) mass is 869 g/mol. The van der Waals surface area contributed by atoms with Gasteiger partial charge in [0.05, 0.1) is 0 Å². The second-order valence-electron chi connectivity index (χ2n) is 13.9. The molecular weight excluding hydrogens is 823 g/mol. The van der Waals surface area contributed by atoms with Gasteiger partial charge >= 0.3 is 20.1 Å². The Labute approximate surface area is 329 Å². The van der Waals surface area contributed by atoms with Gasteiger partial charge in [-0.15, -0.1) is 76.3 Å². The smallest absolute Gasteiger partial charge is 0.305 e. The number of hydrogen-bond donors (Lipinski definition) is 0. The molecule has 53 heavy (non-hydrogen) atoms. The molecule has 0 N–H and O–H groups in total. The van der Waals surface area contributed by atoms with Crippen LogP contribution in [0.3, 0.4) is 0 Å². The number of hydrogen-bond acceptors (Lipinski definition) is 3. The van der Waals surface area contributed by atoms with Gasteiger partial charge in [-0.25, -0.2) is 0 Å². The van der Waals surface area contributed by atoms with E-state index in [1.807, 2.05) is 36.8 Å². The van der Waals surface area contributed by atoms with Crippen LogP contribution in [0.2, 0.25) is 0 Å². The first-order chi connectivity index (χ1) is 25.8. The van der Waals surface area contributed by atoms with Crippen molar-refractivity contribution in [1.82, 2.24) is 15.0 Å². The molecule has 266 valence electrons. The van der Waals surface area contributed by atoms with E-state index >= 15 is 0 Å². The number of nitrogens with zero attached hydrogens (tertiary/aromatic N) is 3.